The van der Waals surface area contributed by atoms with Gasteiger partial charge in [-0.2, -0.15) is 9.78 Å². The van der Waals surface area contributed by atoms with Crippen LogP contribution in [0.15, 0.2) is 41.3 Å². The molecule has 1 heterocycles. The fraction of sp³-hybridized carbons (Fsp3) is 0.250. The van der Waals surface area contributed by atoms with Crippen molar-refractivity contribution in [3.05, 3.63) is 68.8 Å². The first kappa shape index (κ1) is 19.0. The molecule has 0 aliphatic heterocycles. The molecule has 7 heteroatoms. The van der Waals surface area contributed by atoms with Gasteiger partial charge in [-0.25, -0.2) is 4.39 Å². The van der Waals surface area contributed by atoms with Gasteiger partial charge in [0.1, 0.15) is 12.4 Å². The van der Waals surface area contributed by atoms with Gasteiger partial charge in [0.05, 0.1) is 17.3 Å². The van der Waals surface area contributed by atoms with Crippen LogP contribution in [0.4, 0.5) is 4.39 Å². The molecule has 0 spiro atoms. The van der Waals surface area contributed by atoms with E-state index >= 15 is 0 Å². The summed E-state index contributed by atoms with van der Waals surface area (Å²) in [6, 6.07) is 8.01. The second kappa shape index (κ2) is 7.48. The monoisotopic (exact) mass is 388 g/mol. The van der Waals surface area contributed by atoms with Crippen LogP contribution in [0.2, 0.25) is 5.02 Å². The summed E-state index contributed by atoms with van der Waals surface area (Å²) in [4.78, 5) is 24.1. The molecule has 27 heavy (non-hydrogen) atoms. The first-order valence-corrected chi connectivity index (χ1v) is 8.80. The van der Waals surface area contributed by atoms with Gasteiger partial charge in [-0.05, 0) is 35.7 Å². The highest BCUT2D eigenvalue weighted by Gasteiger charge is 2.17. The summed E-state index contributed by atoms with van der Waals surface area (Å²) in [6.07, 6.45) is 1.45. The molecule has 0 atom stereocenters. The highest BCUT2D eigenvalue weighted by molar-refractivity contribution is 6.31. The number of hydrogen-bond donors (Lipinski definition) is 0. The number of carbonyl (C=O) groups excluding carboxylic acids is 1. The molecule has 0 fully saturated rings. The van der Waals surface area contributed by atoms with Crippen molar-refractivity contribution in [2.45, 2.75) is 33.3 Å². The number of nitrogens with zero attached hydrogens (tertiary/aromatic N) is 2. The molecule has 0 unspecified atom stereocenters. The van der Waals surface area contributed by atoms with E-state index in [0.717, 1.165) is 10.2 Å². The summed E-state index contributed by atoms with van der Waals surface area (Å²) in [6.45, 7) is 5.05. The second-order valence-corrected chi connectivity index (χ2v) is 6.91. The van der Waals surface area contributed by atoms with E-state index < -0.39 is 17.3 Å². The summed E-state index contributed by atoms with van der Waals surface area (Å²) in [5.41, 5.74) is 0.939. The Balaban J connectivity index is 2.22. The van der Waals surface area contributed by atoms with E-state index in [-0.39, 0.29) is 17.9 Å². The maximum Gasteiger partial charge on any atom is 0.302 e. The number of hydrogen-bond acceptors (Lipinski definition) is 4. The van der Waals surface area contributed by atoms with Crippen molar-refractivity contribution in [2.24, 2.45) is 0 Å². The maximum absolute atomic E-state index is 14.7. The molecule has 3 rings (SSSR count). The number of aromatic nitrogens is 2. The molecule has 0 bridgehead atoms. The quantitative estimate of drug-likeness (QED) is 0.623. The van der Waals surface area contributed by atoms with Crippen molar-refractivity contribution < 1.29 is 13.9 Å². The third-order valence-corrected chi connectivity index (χ3v) is 4.62. The van der Waals surface area contributed by atoms with E-state index in [9.17, 15) is 14.0 Å². The molecule has 5 nitrogen and oxygen atoms in total. The largest absolute Gasteiger partial charge is 0.461 e. The lowest BCUT2D eigenvalue weighted by molar-refractivity contribution is -0.142. The lowest BCUT2D eigenvalue weighted by Gasteiger charge is -2.14. The Morgan fingerprint density at radius 2 is 2.07 bits per heavy atom. The Labute approximate surface area is 160 Å². The first-order valence-electron chi connectivity index (χ1n) is 8.42. The average Bonchev–Trinajstić information content (AvgIpc) is 2.60. The lowest BCUT2D eigenvalue weighted by Crippen LogP contribution is -2.23. The minimum Gasteiger partial charge on any atom is -0.461 e. The number of benzene rings is 2. The predicted octanol–water partition coefficient (Wildman–Crippen LogP) is 4.36. The highest BCUT2D eigenvalue weighted by Crippen LogP contribution is 2.25. The Morgan fingerprint density at radius 3 is 2.74 bits per heavy atom. The van der Waals surface area contributed by atoms with Gasteiger partial charge in [0.15, 0.2) is 0 Å². The number of esters is 1. The molecule has 1 aromatic heterocycles. The molecule has 0 amide bonds. The van der Waals surface area contributed by atoms with Crippen LogP contribution >= 0.6 is 11.6 Å². The molecular weight excluding hydrogens is 371 g/mol. The van der Waals surface area contributed by atoms with E-state index in [1.807, 2.05) is 13.8 Å². The van der Waals surface area contributed by atoms with Gasteiger partial charge < -0.3 is 4.74 Å². The zero-order valence-corrected chi connectivity index (χ0v) is 15.9. The normalized spacial score (nSPS) is 11.2. The van der Waals surface area contributed by atoms with E-state index in [4.69, 9.17) is 16.3 Å². The SMILES string of the molecule is CC(=O)OCc1c(Cl)cccc1-n1ncc2cc(C(C)C)cc(F)c2c1=O. The van der Waals surface area contributed by atoms with Gasteiger partial charge in [-0.15, -0.1) is 0 Å². The predicted molar refractivity (Wildman–Crippen MR) is 102 cm³/mol. The molecule has 0 N–H and O–H groups in total. The fourth-order valence-electron chi connectivity index (χ4n) is 2.82. The standard InChI is InChI=1S/C20H18ClFN2O3/c1-11(2)13-7-14-9-23-24(20(26)19(14)17(22)8-13)18-6-4-5-16(21)15(18)10-27-12(3)25/h4-9,11H,10H2,1-3H3. The van der Waals surface area contributed by atoms with Crippen molar-refractivity contribution in [3.8, 4) is 5.69 Å². The van der Waals surface area contributed by atoms with Crippen molar-refractivity contribution in [2.75, 3.05) is 0 Å². The summed E-state index contributed by atoms with van der Waals surface area (Å²) in [7, 11) is 0. The van der Waals surface area contributed by atoms with Crippen LogP contribution in [-0.2, 0) is 16.1 Å². The van der Waals surface area contributed by atoms with E-state index in [1.165, 1.54) is 19.2 Å². The molecule has 3 aromatic rings. The molecule has 0 aliphatic carbocycles. The molecule has 0 aliphatic rings. The number of rotatable bonds is 4. The zero-order chi connectivity index (χ0) is 19.7. The number of carbonyl (C=O) groups is 1. The third kappa shape index (κ3) is 3.71. The minimum atomic E-state index is -0.605. The van der Waals surface area contributed by atoms with Gasteiger partial charge in [0.25, 0.3) is 5.56 Å². The van der Waals surface area contributed by atoms with E-state index in [1.54, 1.807) is 24.3 Å². The second-order valence-electron chi connectivity index (χ2n) is 6.50. The van der Waals surface area contributed by atoms with Crippen molar-refractivity contribution in [3.63, 3.8) is 0 Å². The van der Waals surface area contributed by atoms with Gasteiger partial charge in [-0.3, -0.25) is 9.59 Å². The van der Waals surface area contributed by atoms with E-state index in [2.05, 4.69) is 5.10 Å². The fourth-order valence-corrected chi connectivity index (χ4v) is 3.05. The Hall–Kier alpha value is -2.73. The van der Waals surface area contributed by atoms with Crippen LogP contribution in [0.1, 0.15) is 37.8 Å². The molecule has 2 aromatic carbocycles. The van der Waals surface area contributed by atoms with Crippen LogP contribution < -0.4 is 5.56 Å². The zero-order valence-electron chi connectivity index (χ0n) is 15.1. The van der Waals surface area contributed by atoms with Gasteiger partial charge >= 0.3 is 5.97 Å². The van der Waals surface area contributed by atoms with Crippen molar-refractivity contribution in [1.29, 1.82) is 0 Å². The van der Waals surface area contributed by atoms with Crippen LogP contribution in [-0.4, -0.2) is 15.7 Å². The van der Waals surface area contributed by atoms with Gasteiger partial charge in [0, 0.05) is 22.9 Å². The summed E-state index contributed by atoms with van der Waals surface area (Å²) >= 11 is 6.21. The van der Waals surface area contributed by atoms with Crippen LogP contribution in [0.5, 0.6) is 0 Å². The Bertz CT molecular complexity index is 1090. The molecular formula is C20H18ClFN2O3. The van der Waals surface area contributed by atoms with Gasteiger partial charge in [0.2, 0.25) is 0 Å². The van der Waals surface area contributed by atoms with Crippen LogP contribution in [0.25, 0.3) is 16.5 Å². The Morgan fingerprint density at radius 1 is 1.33 bits per heavy atom. The first-order chi connectivity index (χ1) is 12.8. The average molecular weight is 389 g/mol. The third-order valence-electron chi connectivity index (χ3n) is 4.27. The van der Waals surface area contributed by atoms with E-state index in [0.29, 0.717) is 21.7 Å². The molecule has 0 saturated heterocycles. The van der Waals surface area contributed by atoms with Crippen LogP contribution in [0, 0.1) is 5.82 Å². The summed E-state index contributed by atoms with van der Waals surface area (Å²) in [5.74, 6) is -0.956. The summed E-state index contributed by atoms with van der Waals surface area (Å²) in [5, 5.41) is 4.89. The van der Waals surface area contributed by atoms with Gasteiger partial charge in [-0.1, -0.05) is 31.5 Å². The topological polar surface area (TPSA) is 61.2 Å². The molecule has 0 radical (unpaired) electrons. The maximum atomic E-state index is 14.7. The lowest BCUT2D eigenvalue weighted by atomic mass is 10.00. The number of ether oxygens (including phenoxy) is 1. The smallest absolute Gasteiger partial charge is 0.302 e. The number of fused-ring (bicyclic) bond motifs is 1. The Kier molecular flexibility index (Phi) is 5.28. The highest BCUT2D eigenvalue weighted by atomic mass is 35.5. The summed E-state index contributed by atoms with van der Waals surface area (Å²) < 4.78 is 20.8. The minimum absolute atomic E-state index is 0.0483. The molecule has 140 valence electrons. The van der Waals surface area contributed by atoms with Crippen LogP contribution in [0.3, 0.4) is 0 Å². The number of halogens is 2. The van der Waals surface area contributed by atoms with Crippen molar-refractivity contribution >= 4 is 28.3 Å². The molecule has 0 saturated carbocycles. The van der Waals surface area contributed by atoms with Crippen molar-refractivity contribution in [1.82, 2.24) is 9.78 Å².